The quantitative estimate of drug-likeness (QED) is 0.638. The van der Waals surface area contributed by atoms with Gasteiger partial charge in [-0.05, 0) is 38.8 Å². The molecule has 0 unspecified atom stereocenters. The van der Waals surface area contributed by atoms with Gasteiger partial charge in [0, 0.05) is 5.75 Å². The first kappa shape index (κ1) is 16.2. The van der Waals surface area contributed by atoms with Crippen LogP contribution in [0.25, 0.3) is 0 Å². The average molecular weight is 344 g/mol. The van der Waals surface area contributed by atoms with Crippen molar-refractivity contribution < 1.29 is 19.8 Å². The van der Waals surface area contributed by atoms with Crippen molar-refractivity contribution in [3.05, 3.63) is 9.93 Å². The second-order valence-electron chi connectivity index (χ2n) is 5.93. The lowest BCUT2D eigenvalue weighted by molar-refractivity contribution is -0.156. The molecule has 22 heavy (non-hydrogen) atoms. The molecule has 0 spiro atoms. The molecule has 0 aromatic rings. The zero-order valence-corrected chi connectivity index (χ0v) is 14.0. The van der Waals surface area contributed by atoms with E-state index in [1.807, 2.05) is 0 Å². The van der Waals surface area contributed by atoms with Crippen LogP contribution in [0.1, 0.15) is 19.8 Å². The number of piperidine rings is 1. The van der Waals surface area contributed by atoms with Crippen molar-refractivity contribution in [3.63, 3.8) is 0 Å². The number of carbonyl (C=O) groups is 2. The van der Waals surface area contributed by atoms with E-state index in [4.69, 9.17) is 0 Å². The largest absolute Gasteiger partial charge is 0.477 e. The van der Waals surface area contributed by atoms with Crippen LogP contribution in [0.2, 0.25) is 0 Å². The molecule has 0 aromatic carbocycles. The van der Waals surface area contributed by atoms with E-state index in [1.165, 1.54) is 16.7 Å². The number of hydrogen-bond acceptors (Lipinski definition) is 6. The van der Waals surface area contributed by atoms with E-state index in [2.05, 4.69) is 5.32 Å². The zero-order valence-electron chi connectivity index (χ0n) is 12.3. The molecular weight excluding hydrogens is 324 g/mol. The molecule has 3 aliphatic rings. The molecule has 122 valence electrons. The summed E-state index contributed by atoms with van der Waals surface area (Å²) in [6.45, 7) is 3.61. The summed E-state index contributed by atoms with van der Waals surface area (Å²) in [5, 5.41) is 22.2. The molecule has 3 aliphatic heterocycles. The van der Waals surface area contributed by atoms with E-state index in [0.29, 0.717) is 10.2 Å². The van der Waals surface area contributed by atoms with E-state index in [9.17, 15) is 19.8 Å². The minimum absolute atomic E-state index is 0.107. The highest BCUT2D eigenvalue weighted by Crippen LogP contribution is 2.54. The minimum Gasteiger partial charge on any atom is -0.477 e. The smallest absolute Gasteiger partial charge is 0.354 e. The monoisotopic (exact) mass is 344 g/mol. The molecule has 6 nitrogen and oxygen atoms in total. The third-order valence-corrected chi connectivity index (χ3v) is 7.27. The van der Waals surface area contributed by atoms with Gasteiger partial charge in [0.05, 0.1) is 16.3 Å². The van der Waals surface area contributed by atoms with Gasteiger partial charge in [-0.2, -0.15) is 0 Å². The van der Waals surface area contributed by atoms with Crippen LogP contribution >= 0.6 is 23.5 Å². The molecule has 0 radical (unpaired) electrons. The number of carboxylic acid groups (broad SMARTS) is 1. The molecule has 0 bridgehead atoms. The van der Waals surface area contributed by atoms with Gasteiger partial charge in [0.25, 0.3) is 0 Å². The van der Waals surface area contributed by atoms with Crippen molar-refractivity contribution in [1.29, 1.82) is 0 Å². The first-order chi connectivity index (χ1) is 10.5. The Bertz CT molecular complexity index is 517. The number of hydrogen-bond donors (Lipinski definition) is 3. The van der Waals surface area contributed by atoms with Crippen LogP contribution in [0.4, 0.5) is 0 Å². The van der Waals surface area contributed by atoms with Gasteiger partial charge in [-0.15, -0.1) is 11.8 Å². The number of aliphatic hydroxyl groups is 1. The lowest BCUT2D eigenvalue weighted by atomic mass is 9.92. The summed E-state index contributed by atoms with van der Waals surface area (Å²) < 4.78 is 0.715. The SMILES string of the molecule is C[C@@H](O)[C@H]1C(=O)N2C(C(=O)O)=C(SCC3CCNCC3)S[C@H]12. The van der Waals surface area contributed by atoms with E-state index < -0.39 is 18.0 Å². The number of amides is 1. The standard InChI is InChI=1S/C14H20N2O4S2/c1-7(17)9-11(18)16-10(13(19)20)14(22-12(9)16)21-6-8-2-4-15-5-3-8/h7-9,12,15,17H,2-6H2,1H3,(H,19,20)/t7-,9+,12-/m1/s1. The summed E-state index contributed by atoms with van der Waals surface area (Å²) in [6, 6.07) is 0. The molecule has 3 atom stereocenters. The van der Waals surface area contributed by atoms with Crippen molar-refractivity contribution in [2.75, 3.05) is 18.8 Å². The lowest BCUT2D eigenvalue weighted by Gasteiger charge is -2.43. The van der Waals surface area contributed by atoms with Crippen LogP contribution in [-0.2, 0) is 9.59 Å². The maximum absolute atomic E-state index is 12.1. The second-order valence-corrected chi connectivity index (χ2v) is 8.34. The maximum Gasteiger partial charge on any atom is 0.354 e. The van der Waals surface area contributed by atoms with E-state index >= 15 is 0 Å². The van der Waals surface area contributed by atoms with Gasteiger partial charge >= 0.3 is 5.97 Å². The Hall–Kier alpha value is -0.700. The van der Waals surface area contributed by atoms with Gasteiger partial charge in [0.1, 0.15) is 5.37 Å². The van der Waals surface area contributed by atoms with Crippen molar-refractivity contribution in [1.82, 2.24) is 10.2 Å². The first-order valence-electron chi connectivity index (χ1n) is 7.49. The highest BCUT2D eigenvalue weighted by atomic mass is 32.2. The number of aliphatic carboxylic acids is 1. The highest BCUT2D eigenvalue weighted by Gasteiger charge is 2.57. The van der Waals surface area contributed by atoms with Gasteiger partial charge < -0.3 is 15.5 Å². The number of rotatable bonds is 5. The average Bonchev–Trinajstić information content (AvgIpc) is 2.80. The molecule has 2 fully saturated rings. The lowest BCUT2D eigenvalue weighted by Crippen LogP contribution is -2.60. The number of thioether (sulfide) groups is 2. The molecule has 2 saturated heterocycles. The Morgan fingerprint density at radius 2 is 2.18 bits per heavy atom. The summed E-state index contributed by atoms with van der Waals surface area (Å²) >= 11 is 2.97. The Labute approximate surface area is 137 Å². The summed E-state index contributed by atoms with van der Waals surface area (Å²) in [5.74, 6) is -0.348. The van der Waals surface area contributed by atoms with Crippen LogP contribution in [0.15, 0.2) is 9.93 Å². The van der Waals surface area contributed by atoms with Crippen molar-refractivity contribution in [2.45, 2.75) is 31.2 Å². The van der Waals surface area contributed by atoms with Gasteiger partial charge in [0.15, 0.2) is 5.70 Å². The Kier molecular flexibility index (Phi) is 4.72. The predicted molar refractivity (Wildman–Crippen MR) is 86.1 cm³/mol. The fraction of sp³-hybridized carbons (Fsp3) is 0.714. The number of β-lactam (4-membered cyclic amide) rings is 1. The van der Waals surface area contributed by atoms with Crippen molar-refractivity contribution in [3.8, 4) is 0 Å². The number of carboxylic acids is 1. The zero-order chi connectivity index (χ0) is 15.9. The number of nitrogens with zero attached hydrogens (tertiary/aromatic N) is 1. The molecule has 3 heterocycles. The molecule has 0 aliphatic carbocycles. The second kappa shape index (κ2) is 6.43. The predicted octanol–water partition coefficient (Wildman–Crippen LogP) is 0.885. The van der Waals surface area contributed by atoms with E-state index in [-0.39, 0.29) is 17.0 Å². The normalized spacial score (nSPS) is 30.3. The van der Waals surface area contributed by atoms with Crippen molar-refractivity contribution >= 4 is 35.4 Å². The molecule has 1 amide bonds. The summed E-state index contributed by atoms with van der Waals surface area (Å²) in [4.78, 5) is 25.0. The number of nitrogens with one attached hydrogen (secondary N) is 1. The Morgan fingerprint density at radius 3 is 2.77 bits per heavy atom. The van der Waals surface area contributed by atoms with Crippen LogP contribution < -0.4 is 5.32 Å². The topological polar surface area (TPSA) is 89.9 Å². The third kappa shape index (κ3) is 2.77. The van der Waals surface area contributed by atoms with Gasteiger partial charge in [-0.1, -0.05) is 11.8 Å². The van der Waals surface area contributed by atoms with Crippen LogP contribution in [-0.4, -0.2) is 57.3 Å². The van der Waals surface area contributed by atoms with Gasteiger partial charge in [0.2, 0.25) is 5.91 Å². The molecule has 0 saturated carbocycles. The summed E-state index contributed by atoms with van der Waals surface area (Å²) in [6.07, 6.45) is 1.47. The molecule has 3 rings (SSSR count). The first-order valence-corrected chi connectivity index (χ1v) is 9.36. The van der Waals surface area contributed by atoms with Crippen molar-refractivity contribution in [2.24, 2.45) is 11.8 Å². The number of fused-ring (bicyclic) bond motifs is 1. The summed E-state index contributed by atoms with van der Waals surface area (Å²) in [7, 11) is 0. The Balaban J connectivity index is 1.69. The van der Waals surface area contributed by atoms with E-state index in [1.54, 1.807) is 18.7 Å². The molecule has 8 heteroatoms. The minimum atomic E-state index is -1.06. The molecule has 0 aromatic heterocycles. The number of aliphatic hydroxyl groups excluding tert-OH is 1. The van der Waals surface area contributed by atoms with Crippen LogP contribution in [0.5, 0.6) is 0 Å². The van der Waals surface area contributed by atoms with Crippen LogP contribution in [0, 0.1) is 11.8 Å². The maximum atomic E-state index is 12.1. The van der Waals surface area contributed by atoms with E-state index in [0.717, 1.165) is 31.7 Å². The van der Waals surface area contributed by atoms with Gasteiger partial charge in [-0.25, -0.2) is 4.79 Å². The number of carbonyl (C=O) groups excluding carboxylic acids is 1. The molecule has 3 N–H and O–H groups in total. The Morgan fingerprint density at radius 1 is 1.50 bits per heavy atom. The fourth-order valence-corrected chi connectivity index (χ4v) is 6.23. The molecular formula is C14H20N2O4S2. The van der Waals surface area contributed by atoms with Crippen LogP contribution in [0.3, 0.4) is 0 Å². The van der Waals surface area contributed by atoms with Gasteiger partial charge in [-0.3, -0.25) is 9.69 Å². The summed E-state index contributed by atoms with van der Waals surface area (Å²) in [5.41, 5.74) is 0.107. The fourth-order valence-electron chi connectivity index (χ4n) is 3.09. The third-order valence-electron chi connectivity index (χ3n) is 4.38. The highest BCUT2D eigenvalue weighted by molar-refractivity contribution is 8.22.